The van der Waals surface area contributed by atoms with Crippen molar-refractivity contribution in [3.63, 3.8) is 0 Å². The van der Waals surface area contributed by atoms with E-state index < -0.39 is 0 Å². The molecule has 0 fully saturated rings. The van der Waals surface area contributed by atoms with Gasteiger partial charge in [-0.25, -0.2) is 4.98 Å². The Hall–Kier alpha value is -2.72. The van der Waals surface area contributed by atoms with Gasteiger partial charge in [0, 0.05) is 12.2 Å². The molecule has 33 heavy (non-hydrogen) atoms. The maximum absolute atomic E-state index is 12.9. The Morgan fingerprint density at radius 2 is 1.91 bits per heavy atom. The molecule has 0 aliphatic heterocycles. The first-order valence-electron chi connectivity index (χ1n) is 11.7. The van der Waals surface area contributed by atoms with Gasteiger partial charge in [0.25, 0.3) is 0 Å². The third kappa shape index (κ3) is 6.64. The Bertz CT molecular complexity index is 1000. The monoisotopic (exact) mass is 467 g/mol. The number of carbonyl (C=O) groups is 1. The predicted molar refractivity (Wildman–Crippen MR) is 131 cm³/mol. The van der Waals surface area contributed by atoms with Crippen LogP contribution in [0.2, 0.25) is 0 Å². The molecule has 176 valence electrons. The van der Waals surface area contributed by atoms with Gasteiger partial charge in [-0.3, -0.25) is 4.79 Å². The van der Waals surface area contributed by atoms with Crippen molar-refractivity contribution < 1.29 is 14.3 Å². The van der Waals surface area contributed by atoms with E-state index in [9.17, 15) is 10.1 Å². The lowest BCUT2D eigenvalue weighted by Crippen LogP contribution is -2.33. The number of pyridine rings is 1. The minimum atomic E-state index is -0.290. The molecule has 0 saturated carbocycles. The maximum atomic E-state index is 12.9. The van der Waals surface area contributed by atoms with E-state index in [-0.39, 0.29) is 11.2 Å². The molecule has 0 saturated heterocycles. The molecule has 7 heteroatoms. The number of thioether (sulfide) groups is 1. The first-order chi connectivity index (χ1) is 16.1. The largest absolute Gasteiger partial charge is 0.493 e. The number of methoxy groups -OCH3 is 2. The van der Waals surface area contributed by atoms with Gasteiger partial charge in [0.2, 0.25) is 5.91 Å². The Morgan fingerprint density at radius 1 is 1.15 bits per heavy atom. The number of nitrogens with zero attached hydrogens (tertiary/aromatic N) is 2. The second-order valence-electron chi connectivity index (χ2n) is 8.22. The molecular formula is C26H33N3O3S. The number of amides is 1. The van der Waals surface area contributed by atoms with Crippen molar-refractivity contribution in [3.05, 3.63) is 46.6 Å². The number of carbonyl (C=O) groups excluding carboxylic acids is 1. The van der Waals surface area contributed by atoms with Crippen LogP contribution in [0.25, 0.3) is 0 Å². The lowest BCUT2D eigenvalue weighted by molar-refractivity contribution is -0.120. The van der Waals surface area contributed by atoms with Gasteiger partial charge >= 0.3 is 0 Å². The molecule has 1 aromatic heterocycles. The molecule has 2 aromatic rings. The fourth-order valence-electron chi connectivity index (χ4n) is 4.08. The summed E-state index contributed by atoms with van der Waals surface area (Å²) < 4.78 is 10.6. The summed E-state index contributed by atoms with van der Waals surface area (Å²) in [5, 5.41) is 13.1. The minimum absolute atomic E-state index is 0.0274. The van der Waals surface area contributed by atoms with Crippen LogP contribution >= 0.6 is 11.8 Å². The standard InChI is InChI=1S/C26H33N3O3S/c1-4-24(25(30)28-14-13-18-11-12-22(31-2)23(15-18)32-3)33-26-20(17-27)16-19-9-7-5-6-8-10-21(19)29-26/h11-12,15-16,24H,4-10,13-14H2,1-3H3,(H,28,30). The van der Waals surface area contributed by atoms with Crippen LogP contribution in [0.15, 0.2) is 29.3 Å². The summed E-state index contributed by atoms with van der Waals surface area (Å²) >= 11 is 1.41. The van der Waals surface area contributed by atoms with Crippen LogP contribution in [0.3, 0.4) is 0 Å². The summed E-state index contributed by atoms with van der Waals surface area (Å²) in [5.41, 5.74) is 3.93. The van der Waals surface area contributed by atoms with E-state index in [1.54, 1.807) is 14.2 Å². The van der Waals surface area contributed by atoms with Crippen molar-refractivity contribution in [2.75, 3.05) is 20.8 Å². The lowest BCUT2D eigenvalue weighted by atomic mass is 9.96. The molecule has 0 bridgehead atoms. The highest BCUT2D eigenvalue weighted by atomic mass is 32.2. The van der Waals surface area contributed by atoms with Crippen LogP contribution in [0.1, 0.15) is 61.4 Å². The second-order valence-corrected chi connectivity index (χ2v) is 9.41. The van der Waals surface area contributed by atoms with E-state index >= 15 is 0 Å². The summed E-state index contributed by atoms with van der Waals surface area (Å²) in [6, 6.07) is 10.1. The van der Waals surface area contributed by atoms with E-state index in [1.165, 1.54) is 30.2 Å². The number of ether oxygens (including phenoxy) is 2. The van der Waals surface area contributed by atoms with Crippen molar-refractivity contribution in [1.82, 2.24) is 10.3 Å². The lowest BCUT2D eigenvalue weighted by Gasteiger charge is -2.18. The molecule has 1 aliphatic rings. The molecule has 1 unspecified atom stereocenters. The fourth-order valence-corrected chi connectivity index (χ4v) is 5.10. The molecule has 1 aliphatic carbocycles. The average Bonchev–Trinajstić information content (AvgIpc) is 2.82. The van der Waals surface area contributed by atoms with Crippen molar-refractivity contribution >= 4 is 17.7 Å². The minimum Gasteiger partial charge on any atom is -0.493 e. The van der Waals surface area contributed by atoms with Gasteiger partial charge < -0.3 is 14.8 Å². The molecular weight excluding hydrogens is 434 g/mol. The highest BCUT2D eigenvalue weighted by molar-refractivity contribution is 8.00. The van der Waals surface area contributed by atoms with E-state index in [4.69, 9.17) is 14.5 Å². The quantitative estimate of drug-likeness (QED) is 0.530. The zero-order chi connectivity index (χ0) is 23.6. The van der Waals surface area contributed by atoms with Gasteiger partial charge in [0.05, 0.1) is 25.0 Å². The van der Waals surface area contributed by atoms with Crippen molar-refractivity contribution in [2.24, 2.45) is 0 Å². The smallest absolute Gasteiger partial charge is 0.233 e. The zero-order valence-corrected chi connectivity index (χ0v) is 20.6. The van der Waals surface area contributed by atoms with Crippen LogP contribution in [0, 0.1) is 11.3 Å². The molecule has 6 nitrogen and oxygen atoms in total. The van der Waals surface area contributed by atoms with E-state index in [1.807, 2.05) is 31.2 Å². The Labute approximate surface area is 201 Å². The molecule has 1 amide bonds. The third-order valence-electron chi connectivity index (χ3n) is 5.96. The number of benzene rings is 1. The molecule has 1 N–H and O–H groups in total. The number of nitriles is 1. The SMILES string of the molecule is CCC(Sc1nc2c(cc1C#N)CCCCCC2)C(=O)NCCc1ccc(OC)c(OC)c1. The topological polar surface area (TPSA) is 84.2 Å². The molecule has 1 aromatic carbocycles. The van der Waals surface area contributed by atoms with Crippen molar-refractivity contribution in [2.45, 2.75) is 68.6 Å². The molecule has 1 atom stereocenters. The number of hydrogen-bond donors (Lipinski definition) is 1. The normalized spacial score (nSPS) is 14.2. The Kier molecular flexibility index (Phi) is 9.44. The third-order valence-corrected chi connectivity index (χ3v) is 7.33. The molecule has 1 heterocycles. The van der Waals surface area contributed by atoms with Gasteiger partial charge in [-0.05, 0) is 67.9 Å². The van der Waals surface area contributed by atoms with E-state index in [2.05, 4.69) is 11.4 Å². The van der Waals surface area contributed by atoms with Crippen LogP contribution < -0.4 is 14.8 Å². The Morgan fingerprint density at radius 3 is 2.61 bits per heavy atom. The molecule has 0 radical (unpaired) electrons. The Balaban J connectivity index is 1.64. The van der Waals surface area contributed by atoms with Crippen molar-refractivity contribution in [1.29, 1.82) is 5.26 Å². The predicted octanol–water partition coefficient (Wildman–Crippen LogP) is 4.86. The van der Waals surface area contributed by atoms with Gasteiger partial charge in [-0.1, -0.05) is 37.6 Å². The zero-order valence-electron chi connectivity index (χ0n) is 19.8. The van der Waals surface area contributed by atoms with Crippen molar-refractivity contribution in [3.8, 4) is 17.6 Å². The van der Waals surface area contributed by atoms with Gasteiger partial charge in [0.15, 0.2) is 11.5 Å². The highest BCUT2D eigenvalue weighted by Gasteiger charge is 2.22. The van der Waals surface area contributed by atoms with Crippen LogP contribution in [-0.2, 0) is 24.1 Å². The number of nitrogens with one attached hydrogen (secondary N) is 1. The van der Waals surface area contributed by atoms with E-state index in [0.29, 0.717) is 41.5 Å². The van der Waals surface area contributed by atoms with Crippen LogP contribution in [0.4, 0.5) is 0 Å². The fraction of sp³-hybridized carbons (Fsp3) is 0.500. The summed E-state index contributed by atoms with van der Waals surface area (Å²) in [4.78, 5) is 17.7. The summed E-state index contributed by atoms with van der Waals surface area (Å²) in [6.07, 6.45) is 8.02. The second kappa shape index (κ2) is 12.5. The average molecular weight is 468 g/mol. The summed E-state index contributed by atoms with van der Waals surface area (Å²) in [5.74, 6) is 1.34. The van der Waals surface area contributed by atoms with Crippen LogP contribution in [0.5, 0.6) is 11.5 Å². The molecule has 0 spiro atoms. The molecule has 3 rings (SSSR count). The van der Waals surface area contributed by atoms with Gasteiger partial charge in [-0.15, -0.1) is 0 Å². The maximum Gasteiger partial charge on any atom is 0.233 e. The summed E-state index contributed by atoms with van der Waals surface area (Å²) in [6.45, 7) is 2.51. The number of aryl methyl sites for hydroxylation is 2. The highest BCUT2D eigenvalue weighted by Crippen LogP contribution is 2.31. The van der Waals surface area contributed by atoms with E-state index in [0.717, 1.165) is 36.9 Å². The number of aromatic nitrogens is 1. The van der Waals surface area contributed by atoms with Gasteiger partial charge in [-0.2, -0.15) is 5.26 Å². The first-order valence-corrected chi connectivity index (χ1v) is 12.6. The summed E-state index contributed by atoms with van der Waals surface area (Å²) in [7, 11) is 3.22. The van der Waals surface area contributed by atoms with Crippen LogP contribution in [-0.4, -0.2) is 36.9 Å². The number of hydrogen-bond acceptors (Lipinski definition) is 6. The van der Waals surface area contributed by atoms with Gasteiger partial charge in [0.1, 0.15) is 11.1 Å². The number of fused-ring (bicyclic) bond motifs is 1. The first kappa shape index (κ1) is 24.9. The number of rotatable bonds is 9.